The second-order valence-electron chi connectivity index (χ2n) is 7.15. The standard InChI is InChI=1S/C18H24N4O4/c1-11-14-8-19-22(13-9-26-10-13)16(14)21-15(20-11)12-4-6-18(25-3,7-5-12)17(23)24-2/h8,12-13H,4-7,9-10H2,1-3H3. The van der Waals surface area contributed by atoms with Gasteiger partial charge in [0.25, 0.3) is 0 Å². The molecule has 2 aromatic heterocycles. The summed E-state index contributed by atoms with van der Waals surface area (Å²) in [5.74, 6) is 0.729. The van der Waals surface area contributed by atoms with Crippen LogP contribution in [-0.4, -0.2) is 58.8 Å². The molecule has 0 bridgehead atoms. The molecule has 8 nitrogen and oxygen atoms in total. The highest BCUT2D eigenvalue weighted by molar-refractivity contribution is 5.79. The summed E-state index contributed by atoms with van der Waals surface area (Å²) in [7, 11) is 2.98. The predicted molar refractivity (Wildman–Crippen MR) is 92.9 cm³/mol. The molecule has 3 heterocycles. The first kappa shape index (κ1) is 17.4. The molecule has 2 aliphatic rings. The van der Waals surface area contributed by atoms with E-state index in [9.17, 15) is 4.79 Å². The largest absolute Gasteiger partial charge is 0.467 e. The quantitative estimate of drug-likeness (QED) is 0.770. The monoisotopic (exact) mass is 360 g/mol. The molecule has 4 rings (SSSR count). The molecule has 2 fully saturated rings. The van der Waals surface area contributed by atoms with Crippen molar-refractivity contribution in [2.24, 2.45) is 0 Å². The molecular formula is C18H24N4O4. The minimum absolute atomic E-state index is 0.201. The topological polar surface area (TPSA) is 88.4 Å². The van der Waals surface area contributed by atoms with Crippen LogP contribution in [0.2, 0.25) is 0 Å². The molecule has 0 radical (unpaired) electrons. The van der Waals surface area contributed by atoms with E-state index in [0.717, 1.165) is 35.4 Å². The van der Waals surface area contributed by atoms with E-state index in [-0.39, 0.29) is 17.9 Å². The van der Waals surface area contributed by atoms with Gasteiger partial charge in [-0.2, -0.15) is 5.10 Å². The predicted octanol–water partition coefficient (Wildman–Crippen LogP) is 1.92. The van der Waals surface area contributed by atoms with Crippen molar-refractivity contribution in [3.8, 4) is 0 Å². The number of ether oxygens (including phenoxy) is 3. The van der Waals surface area contributed by atoms with E-state index in [0.29, 0.717) is 26.1 Å². The molecule has 1 aliphatic carbocycles. The number of hydrogen-bond acceptors (Lipinski definition) is 7. The minimum Gasteiger partial charge on any atom is -0.467 e. The Morgan fingerprint density at radius 3 is 2.58 bits per heavy atom. The number of carbonyl (C=O) groups excluding carboxylic acids is 1. The fourth-order valence-electron chi connectivity index (χ4n) is 3.92. The van der Waals surface area contributed by atoms with Gasteiger partial charge in [0.15, 0.2) is 11.2 Å². The lowest BCUT2D eigenvalue weighted by atomic mass is 9.78. The third-order valence-electron chi connectivity index (χ3n) is 5.73. The van der Waals surface area contributed by atoms with Crippen LogP contribution in [0.1, 0.15) is 49.2 Å². The van der Waals surface area contributed by atoms with Crippen molar-refractivity contribution in [2.75, 3.05) is 27.4 Å². The maximum Gasteiger partial charge on any atom is 0.338 e. The molecule has 0 unspecified atom stereocenters. The van der Waals surface area contributed by atoms with E-state index >= 15 is 0 Å². The second-order valence-corrected chi connectivity index (χ2v) is 7.15. The first-order valence-electron chi connectivity index (χ1n) is 9.01. The van der Waals surface area contributed by atoms with Crippen molar-refractivity contribution in [3.05, 3.63) is 17.7 Å². The molecule has 140 valence electrons. The van der Waals surface area contributed by atoms with Crippen LogP contribution in [0.15, 0.2) is 6.20 Å². The summed E-state index contributed by atoms with van der Waals surface area (Å²) in [6, 6.07) is 0.251. The van der Waals surface area contributed by atoms with Crippen LogP contribution in [0.4, 0.5) is 0 Å². The van der Waals surface area contributed by atoms with Crippen LogP contribution in [0.25, 0.3) is 11.0 Å². The van der Waals surface area contributed by atoms with Crippen molar-refractivity contribution in [3.63, 3.8) is 0 Å². The molecular weight excluding hydrogens is 336 g/mol. The summed E-state index contributed by atoms with van der Waals surface area (Å²) < 4.78 is 17.7. The summed E-state index contributed by atoms with van der Waals surface area (Å²) in [6.07, 6.45) is 4.62. The highest BCUT2D eigenvalue weighted by atomic mass is 16.6. The third-order valence-corrected chi connectivity index (χ3v) is 5.73. The first-order chi connectivity index (χ1) is 12.6. The fourth-order valence-corrected chi connectivity index (χ4v) is 3.92. The van der Waals surface area contributed by atoms with Crippen molar-refractivity contribution in [1.82, 2.24) is 19.7 Å². The molecule has 1 saturated carbocycles. The molecule has 0 amide bonds. The van der Waals surface area contributed by atoms with Gasteiger partial charge < -0.3 is 14.2 Å². The van der Waals surface area contributed by atoms with E-state index < -0.39 is 5.60 Å². The minimum atomic E-state index is -0.838. The van der Waals surface area contributed by atoms with Crippen LogP contribution in [-0.2, 0) is 19.0 Å². The number of hydrogen-bond donors (Lipinski definition) is 0. The fraction of sp³-hybridized carbons (Fsp3) is 0.667. The van der Waals surface area contributed by atoms with Gasteiger partial charge in [-0.1, -0.05) is 0 Å². The average Bonchev–Trinajstić information content (AvgIpc) is 3.04. The van der Waals surface area contributed by atoms with Gasteiger partial charge in [-0.3, -0.25) is 0 Å². The zero-order valence-electron chi connectivity index (χ0n) is 15.4. The zero-order chi connectivity index (χ0) is 18.3. The Hall–Kier alpha value is -2.06. The Balaban J connectivity index is 1.60. The number of aryl methyl sites for hydroxylation is 1. The highest BCUT2D eigenvalue weighted by Crippen LogP contribution is 2.40. The Bertz CT molecular complexity index is 822. The number of nitrogens with zero attached hydrogens (tertiary/aromatic N) is 4. The Kier molecular flexibility index (Phi) is 4.40. The third kappa shape index (κ3) is 2.68. The van der Waals surface area contributed by atoms with E-state index in [1.807, 2.05) is 17.8 Å². The Morgan fingerprint density at radius 2 is 2.00 bits per heavy atom. The molecule has 0 N–H and O–H groups in total. The van der Waals surface area contributed by atoms with E-state index in [1.54, 1.807) is 7.11 Å². The second kappa shape index (κ2) is 6.59. The van der Waals surface area contributed by atoms with Gasteiger partial charge >= 0.3 is 5.97 Å². The Morgan fingerprint density at radius 1 is 1.27 bits per heavy atom. The smallest absolute Gasteiger partial charge is 0.338 e. The zero-order valence-corrected chi connectivity index (χ0v) is 15.4. The number of rotatable bonds is 4. The van der Waals surface area contributed by atoms with Crippen LogP contribution >= 0.6 is 0 Å². The lowest BCUT2D eigenvalue weighted by Gasteiger charge is -2.36. The molecule has 0 atom stereocenters. The van der Waals surface area contributed by atoms with E-state index in [2.05, 4.69) is 5.10 Å². The summed E-state index contributed by atoms with van der Waals surface area (Å²) >= 11 is 0. The Labute approximate surface area is 151 Å². The number of carbonyl (C=O) groups is 1. The normalized spacial score (nSPS) is 26.7. The van der Waals surface area contributed by atoms with Gasteiger partial charge in [0.2, 0.25) is 0 Å². The van der Waals surface area contributed by atoms with E-state index in [4.69, 9.17) is 24.2 Å². The lowest BCUT2D eigenvalue weighted by Crippen LogP contribution is -2.44. The van der Waals surface area contributed by atoms with Crippen LogP contribution in [0.5, 0.6) is 0 Å². The summed E-state index contributed by atoms with van der Waals surface area (Å²) in [5.41, 5.74) is 0.973. The van der Waals surface area contributed by atoms with Gasteiger partial charge in [-0.05, 0) is 32.6 Å². The first-order valence-corrected chi connectivity index (χ1v) is 9.01. The van der Waals surface area contributed by atoms with E-state index in [1.165, 1.54) is 7.11 Å². The SMILES string of the molecule is COC(=O)C1(OC)CCC(c2nc(C)c3cnn(C4COC4)c3n2)CC1. The molecule has 1 saturated heterocycles. The summed E-state index contributed by atoms with van der Waals surface area (Å²) in [6.45, 7) is 3.34. The molecule has 0 aromatic carbocycles. The van der Waals surface area contributed by atoms with Gasteiger partial charge in [0, 0.05) is 13.0 Å². The molecule has 2 aromatic rings. The van der Waals surface area contributed by atoms with Gasteiger partial charge in [0.1, 0.15) is 11.9 Å². The molecule has 8 heteroatoms. The number of esters is 1. The van der Waals surface area contributed by atoms with Crippen molar-refractivity contribution in [1.29, 1.82) is 0 Å². The van der Waals surface area contributed by atoms with Crippen LogP contribution in [0.3, 0.4) is 0 Å². The number of methoxy groups -OCH3 is 2. The van der Waals surface area contributed by atoms with Crippen molar-refractivity contribution < 1.29 is 19.0 Å². The maximum absolute atomic E-state index is 12.1. The van der Waals surface area contributed by atoms with Gasteiger partial charge in [-0.15, -0.1) is 0 Å². The summed E-state index contributed by atoms with van der Waals surface area (Å²) in [4.78, 5) is 21.7. The molecule has 1 aliphatic heterocycles. The molecule has 0 spiro atoms. The van der Waals surface area contributed by atoms with Gasteiger partial charge in [0.05, 0.1) is 37.6 Å². The molecule has 26 heavy (non-hydrogen) atoms. The van der Waals surface area contributed by atoms with Crippen molar-refractivity contribution in [2.45, 2.75) is 50.2 Å². The van der Waals surface area contributed by atoms with Crippen LogP contribution in [0, 0.1) is 6.92 Å². The average molecular weight is 360 g/mol. The van der Waals surface area contributed by atoms with Gasteiger partial charge in [-0.25, -0.2) is 19.4 Å². The number of fused-ring (bicyclic) bond motifs is 1. The lowest BCUT2D eigenvalue weighted by molar-refractivity contribution is -0.170. The highest BCUT2D eigenvalue weighted by Gasteiger charge is 2.44. The number of aromatic nitrogens is 4. The summed E-state index contributed by atoms with van der Waals surface area (Å²) in [5, 5.41) is 5.47. The maximum atomic E-state index is 12.1. The van der Waals surface area contributed by atoms with Crippen molar-refractivity contribution >= 4 is 17.0 Å². The van der Waals surface area contributed by atoms with Crippen LogP contribution < -0.4 is 0 Å².